The molecule has 51 heavy (non-hydrogen) atoms. The van der Waals surface area contributed by atoms with Gasteiger partial charge in [0.2, 0.25) is 11.5 Å². The molecule has 3 atom stereocenters. The molecule has 4 aromatic rings. The first-order valence-corrected chi connectivity index (χ1v) is 18.8. The third kappa shape index (κ3) is 7.10. The highest BCUT2D eigenvalue weighted by atomic mass is 31.2. The summed E-state index contributed by atoms with van der Waals surface area (Å²) in [5.41, 5.74) is 0.802. The zero-order chi connectivity index (χ0) is 36.0. The van der Waals surface area contributed by atoms with Gasteiger partial charge in [0, 0.05) is 37.5 Å². The van der Waals surface area contributed by atoms with Gasteiger partial charge in [0.15, 0.2) is 5.78 Å². The van der Waals surface area contributed by atoms with Gasteiger partial charge in [-0.1, -0.05) is 109 Å². The summed E-state index contributed by atoms with van der Waals surface area (Å²) in [7, 11) is 0. The van der Waals surface area contributed by atoms with E-state index >= 15 is 0 Å². The van der Waals surface area contributed by atoms with Gasteiger partial charge in [-0.25, -0.2) is 0 Å². The number of likely N-dealkylation sites (tertiary alicyclic amines) is 1. The smallest absolute Gasteiger partial charge is 0.316 e. The van der Waals surface area contributed by atoms with E-state index in [4.69, 9.17) is 9.47 Å². The maximum atomic E-state index is 14.4. The largest absolute Gasteiger partial charge is 0.408 e. The van der Waals surface area contributed by atoms with Crippen molar-refractivity contribution in [1.29, 1.82) is 0 Å². The molecule has 0 bridgehead atoms. The molecule has 0 aliphatic carbocycles. The van der Waals surface area contributed by atoms with Crippen LogP contribution in [0.3, 0.4) is 0 Å². The SMILES string of the molecule is C=CCC(=O)OC(N1C(=O)[C@H]([C@@H](C)O)[C@H]1CC(=O)c1cccc(C(=O)N2CCOCC2)c1)=P(c1ccccc1)(c1ccccc1)c1ccccc1. The number of carbonyl (C=O) groups is 4. The second-order valence-electron chi connectivity index (χ2n) is 12.6. The van der Waals surface area contributed by atoms with E-state index in [-0.39, 0.29) is 30.1 Å². The number of rotatable bonds is 12. The summed E-state index contributed by atoms with van der Waals surface area (Å²) in [5.74, 6) is -2.51. The van der Waals surface area contributed by atoms with Gasteiger partial charge in [-0.2, -0.15) is 0 Å². The molecule has 1 N–H and O–H groups in total. The lowest BCUT2D eigenvalue weighted by Crippen LogP contribution is -2.67. The lowest BCUT2D eigenvalue weighted by atomic mass is 9.80. The molecular formula is C41H41N2O7P. The van der Waals surface area contributed by atoms with Gasteiger partial charge in [-0.15, -0.1) is 6.58 Å². The van der Waals surface area contributed by atoms with Crippen molar-refractivity contribution in [1.82, 2.24) is 9.80 Å². The molecule has 0 saturated carbocycles. The van der Waals surface area contributed by atoms with E-state index < -0.39 is 36.8 Å². The van der Waals surface area contributed by atoms with Gasteiger partial charge in [0.1, 0.15) is 0 Å². The van der Waals surface area contributed by atoms with E-state index in [1.54, 1.807) is 29.2 Å². The van der Waals surface area contributed by atoms with Crippen LogP contribution in [0.4, 0.5) is 0 Å². The molecule has 2 aliphatic heterocycles. The number of hydrogen-bond acceptors (Lipinski definition) is 7. The Morgan fingerprint density at radius 2 is 1.39 bits per heavy atom. The van der Waals surface area contributed by atoms with Crippen LogP contribution in [-0.2, 0) is 19.1 Å². The van der Waals surface area contributed by atoms with Crippen molar-refractivity contribution in [3.8, 4) is 0 Å². The highest BCUT2D eigenvalue weighted by Gasteiger charge is 2.55. The number of benzene rings is 4. The minimum Gasteiger partial charge on any atom is -0.408 e. The second kappa shape index (κ2) is 15.9. The molecule has 2 amide bonds. The lowest BCUT2D eigenvalue weighted by Gasteiger charge is -2.50. The highest BCUT2D eigenvalue weighted by Crippen LogP contribution is 2.50. The highest BCUT2D eigenvalue weighted by molar-refractivity contribution is 7.95. The molecule has 6 rings (SSSR count). The number of aliphatic hydroxyl groups excluding tert-OH is 1. The van der Waals surface area contributed by atoms with Crippen LogP contribution in [0.1, 0.15) is 40.5 Å². The van der Waals surface area contributed by atoms with Gasteiger partial charge in [-0.05, 0) is 35.0 Å². The van der Waals surface area contributed by atoms with Crippen LogP contribution in [0.25, 0.3) is 0 Å². The van der Waals surface area contributed by atoms with Crippen molar-refractivity contribution in [3.63, 3.8) is 0 Å². The van der Waals surface area contributed by atoms with Gasteiger partial charge < -0.3 is 19.5 Å². The molecule has 262 valence electrons. The van der Waals surface area contributed by atoms with E-state index in [0.717, 1.165) is 15.9 Å². The minimum absolute atomic E-state index is 0.114. The molecule has 0 spiro atoms. The third-order valence-electron chi connectivity index (χ3n) is 9.35. The fourth-order valence-corrected chi connectivity index (χ4v) is 11.1. The Hall–Kier alpha value is -5.08. The number of β-lactam (4-membered cyclic amide) rings is 1. The monoisotopic (exact) mass is 704 g/mol. The molecule has 10 heteroatoms. The number of Topliss-reactive ketones (excluding diaryl/α,β-unsaturated/α-hetero) is 1. The van der Waals surface area contributed by atoms with Crippen LogP contribution in [0, 0.1) is 5.92 Å². The lowest BCUT2D eigenvalue weighted by molar-refractivity contribution is -0.157. The Morgan fingerprint density at radius 1 is 0.863 bits per heavy atom. The van der Waals surface area contributed by atoms with Crippen molar-refractivity contribution in [2.24, 2.45) is 5.92 Å². The Balaban J connectivity index is 1.53. The molecule has 4 aromatic carbocycles. The first-order chi connectivity index (χ1) is 24.8. The number of ether oxygens (including phenoxy) is 2. The van der Waals surface area contributed by atoms with Crippen LogP contribution in [0.2, 0.25) is 0 Å². The summed E-state index contributed by atoms with van der Waals surface area (Å²) in [5, 5.41) is 13.4. The number of amides is 2. The Kier molecular flexibility index (Phi) is 11.1. The summed E-state index contributed by atoms with van der Waals surface area (Å²) in [6.45, 7) is 3.91. The zero-order valence-corrected chi connectivity index (χ0v) is 29.4. The normalized spacial score (nSPS) is 18.0. The van der Waals surface area contributed by atoms with Gasteiger partial charge in [0.25, 0.3) is 5.91 Å². The van der Waals surface area contributed by atoms with E-state index in [0.29, 0.717) is 37.4 Å². The topological polar surface area (TPSA) is 113 Å². The molecule has 2 fully saturated rings. The Morgan fingerprint density at radius 3 is 1.90 bits per heavy atom. The van der Waals surface area contributed by atoms with Crippen LogP contribution in [0.15, 0.2) is 128 Å². The van der Waals surface area contributed by atoms with E-state index in [2.05, 4.69) is 6.58 Å². The summed E-state index contributed by atoms with van der Waals surface area (Å²) < 4.78 is 11.8. The Labute approximate surface area is 298 Å². The minimum atomic E-state index is -3.15. The summed E-state index contributed by atoms with van der Waals surface area (Å²) in [4.78, 5) is 58.4. The molecule has 2 heterocycles. The van der Waals surface area contributed by atoms with Crippen molar-refractivity contribution < 1.29 is 33.8 Å². The van der Waals surface area contributed by atoms with Crippen LogP contribution in [0.5, 0.6) is 0 Å². The van der Waals surface area contributed by atoms with Crippen LogP contribution >= 0.6 is 6.89 Å². The summed E-state index contributed by atoms with van der Waals surface area (Å²) in [6.07, 6.45) is 0.0502. The molecule has 9 nitrogen and oxygen atoms in total. The maximum Gasteiger partial charge on any atom is 0.316 e. The second-order valence-corrected chi connectivity index (χ2v) is 15.9. The van der Waals surface area contributed by atoms with Crippen LogP contribution < -0.4 is 15.9 Å². The molecule has 0 unspecified atom stereocenters. The zero-order valence-electron chi connectivity index (χ0n) is 28.5. The fraction of sp³-hybridized carbons (Fsp3) is 0.244. The molecule has 0 aromatic heterocycles. The average Bonchev–Trinajstić information content (AvgIpc) is 3.16. The van der Waals surface area contributed by atoms with Crippen LogP contribution in [-0.4, -0.2) is 82.5 Å². The number of hydrogen-bond donors (Lipinski definition) is 1. The predicted molar refractivity (Wildman–Crippen MR) is 199 cm³/mol. The predicted octanol–water partition coefficient (Wildman–Crippen LogP) is 4.14. The average molecular weight is 705 g/mol. The van der Waals surface area contributed by atoms with E-state index in [1.165, 1.54) is 17.9 Å². The standard InChI is InChI=1S/C41H41N2O7P/c1-3-14-37(46)50-41(51(32-17-7-4-8-18-32,33-19-9-5-10-20-33)34-21-11-6-12-22-34)43-35(38(29(2)44)40(43)48)28-36(45)30-15-13-16-31(27-30)39(47)42-23-25-49-26-24-42/h3-13,15-22,27,29,35,38,44H,1,14,23-26,28H2,2H3/t29-,35-,38-/m1/s1. The van der Waals surface area contributed by atoms with Crippen molar-refractivity contribution in [2.45, 2.75) is 31.9 Å². The Bertz CT molecular complexity index is 1850. The molecule has 0 radical (unpaired) electrons. The quantitative estimate of drug-likeness (QED) is 0.0776. The third-order valence-corrected chi connectivity index (χ3v) is 13.5. The molecule has 2 saturated heterocycles. The number of aliphatic hydroxyl groups is 1. The maximum absolute atomic E-state index is 14.4. The van der Waals surface area contributed by atoms with Crippen molar-refractivity contribution in [3.05, 3.63) is 139 Å². The van der Waals surface area contributed by atoms with E-state index in [9.17, 15) is 24.3 Å². The van der Waals surface area contributed by atoms with Crippen molar-refractivity contribution in [2.75, 3.05) is 26.3 Å². The molecule has 2 aliphatic rings. The van der Waals surface area contributed by atoms with Crippen molar-refractivity contribution >= 4 is 52.0 Å². The first-order valence-electron chi connectivity index (χ1n) is 17.0. The first kappa shape index (κ1) is 35.7. The van der Waals surface area contributed by atoms with Gasteiger partial charge in [0.05, 0.1) is 37.7 Å². The number of morpholine rings is 1. The number of esters is 1. The summed E-state index contributed by atoms with van der Waals surface area (Å²) in [6, 6.07) is 34.6. The van der Waals surface area contributed by atoms with Gasteiger partial charge in [-0.3, -0.25) is 24.1 Å². The fourth-order valence-electron chi connectivity index (χ4n) is 6.91. The van der Waals surface area contributed by atoms with Gasteiger partial charge >= 0.3 is 5.97 Å². The number of carbonyl (C=O) groups excluding carboxylic acids is 4. The van der Waals surface area contributed by atoms with E-state index in [1.807, 2.05) is 91.0 Å². The molecular weight excluding hydrogens is 663 g/mol. The number of ketones is 1. The summed E-state index contributed by atoms with van der Waals surface area (Å²) >= 11 is 0. The number of nitrogens with zero attached hydrogens (tertiary/aromatic N) is 2.